The van der Waals surface area contributed by atoms with E-state index in [-0.39, 0.29) is 0 Å². The number of imidazole rings is 1. The molecule has 0 fully saturated rings. The molecule has 1 heterocycles. The number of hydrogen-bond donors (Lipinski definition) is 0. The first-order chi connectivity index (χ1) is 15.8. The minimum atomic E-state index is 0.703. The molecule has 3 heteroatoms. The van der Waals surface area contributed by atoms with E-state index in [1.54, 1.807) is 0 Å². The van der Waals surface area contributed by atoms with Gasteiger partial charge in [0.05, 0.1) is 22.7 Å². The number of hydrogen-bond acceptors (Lipinski definition) is 2. The van der Waals surface area contributed by atoms with Crippen molar-refractivity contribution in [1.82, 2.24) is 9.55 Å². The molecule has 0 saturated heterocycles. The Balaban J connectivity index is 1.53. The van der Waals surface area contributed by atoms with Crippen LogP contribution in [-0.2, 0) is 13.0 Å². The molecule has 0 radical (unpaired) electrons. The zero-order valence-electron chi connectivity index (χ0n) is 18.3. The fourth-order valence-electron chi connectivity index (χ4n) is 4.37. The van der Waals surface area contributed by atoms with Crippen molar-refractivity contribution in [3.05, 3.63) is 102 Å². The standard InChI is InChI=1S/C29H25N3/c1-2-3-12-29-31-27-17-23-8-4-5-9-24(23)18-28(27)32(29)20-21-13-15-22(16-14-21)26-11-7-6-10-25(26)19-30/h4-11,13-18H,2-3,12,20H2,1H3. The average Bonchev–Trinajstić information content (AvgIpc) is 3.17. The molecule has 156 valence electrons. The maximum Gasteiger partial charge on any atom is 0.110 e. The minimum absolute atomic E-state index is 0.703. The van der Waals surface area contributed by atoms with Crippen molar-refractivity contribution in [2.45, 2.75) is 32.7 Å². The van der Waals surface area contributed by atoms with Crippen LogP contribution in [0, 0.1) is 11.3 Å². The van der Waals surface area contributed by atoms with Crippen molar-refractivity contribution in [2.24, 2.45) is 0 Å². The SMILES string of the molecule is CCCCc1nc2cc3ccccc3cc2n1Cc1ccc(-c2ccccc2C#N)cc1. The second-order valence-corrected chi connectivity index (χ2v) is 8.26. The van der Waals surface area contributed by atoms with Crippen molar-refractivity contribution < 1.29 is 0 Å². The van der Waals surface area contributed by atoms with Crippen LogP contribution in [0.5, 0.6) is 0 Å². The highest BCUT2D eigenvalue weighted by molar-refractivity contribution is 5.95. The van der Waals surface area contributed by atoms with Gasteiger partial charge in [-0.3, -0.25) is 0 Å². The Morgan fingerprint density at radius 2 is 1.59 bits per heavy atom. The average molecular weight is 416 g/mol. The van der Waals surface area contributed by atoms with Crippen molar-refractivity contribution in [3.8, 4) is 17.2 Å². The molecule has 0 unspecified atom stereocenters. The molecule has 0 aliphatic carbocycles. The Morgan fingerprint density at radius 3 is 2.34 bits per heavy atom. The van der Waals surface area contributed by atoms with Crippen LogP contribution in [-0.4, -0.2) is 9.55 Å². The number of nitrogens with zero attached hydrogens (tertiary/aromatic N) is 3. The second kappa shape index (κ2) is 8.69. The summed E-state index contributed by atoms with van der Waals surface area (Å²) < 4.78 is 2.37. The van der Waals surface area contributed by atoms with E-state index in [9.17, 15) is 5.26 Å². The monoisotopic (exact) mass is 415 g/mol. The summed E-state index contributed by atoms with van der Waals surface area (Å²) in [5.41, 5.74) is 6.23. The number of aryl methyl sites for hydroxylation is 1. The van der Waals surface area contributed by atoms with Crippen molar-refractivity contribution >= 4 is 21.8 Å². The molecule has 3 nitrogen and oxygen atoms in total. The van der Waals surface area contributed by atoms with Gasteiger partial charge in [-0.25, -0.2) is 4.98 Å². The Bertz CT molecular complexity index is 1440. The summed E-state index contributed by atoms with van der Waals surface area (Å²) in [6, 6.07) is 31.6. The summed E-state index contributed by atoms with van der Waals surface area (Å²) in [7, 11) is 0. The van der Waals surface area contributed by atoms with E-state index in [2.05, 4.69) is 78.2 Å². The van der Waals surface area contributed by atoms with Gasteiger partial charge in [-0.15, -0.1) is 0 Å². The molecule has 0 saturated carbocycles. The molecule has 32 heavy (non-hydrogen) atoms. The van der Waals surface area contributed by atoms with E-state index < -0.39 is 0 Å². The van der Waals surface area contributed by atoms with Crippen LogP contribution >= 0.6 is 0 Å². The zero-order chi connectivity index (χ0) is 21.9. The first-order valence-corrected chi connectivity index (χ1v) is 11.2. The molecule has 0 N–H and O–H groups in total. The summed E-state index contributed by atoms with van der Waals surface area (Å²) in [4.78, 5) is 5.01. The van der Waals surface area contributed by atoms with Gasteiger partial charge in [0.15, 0.2) is 0 Å². The van der Waals surface area contributed by atoms with Crippen molar-refractivity contribution in [1.29, 1.82) is 5.26 Å². The van der Waals surface area contributed by atoms with Crippen LogP contribution in [0.4, 0.5) is 0 Å². The van der Waals surface area contributed by atoms with Crippen LogP contribution in [0.1, 0.15) is 36.7 Å². The van der Waals surface area contributed by atoms with Crippen LogP contribution in [0.15, 0.2) is 84.9 Å². The van der Waals surface area contributed by atoms with Gasteiger partial charge in [0.25, 0.3) is 0 Å². The van der Waals surface area contributed by atoms with E-state index in [0.29, 0.717) is 5.56 Å². The fraction of sp³-hybridized carbons (Fsp3) is 0.172. The number of unbranched alkanes of at least 4 members (excludes halogenated alkanes) is 1. The number of nitriles is 1. The molecular weight excluding hydrogens is 390 g/mol. The van der Waals surface area contributed by atoms with Crippen LogP contribution in [0.3, 0.4) is 0 Å². The van der Waals surface area contributed by atoms with E-state index in [1.165, 1.54) is 21.9 Å². The van der Waals surface area contributed by atoms with Gasteiger partial charge in [0, 0.05) is 13.0 Å². The Kier molecular flexibility index (Phi) is 5.44. The summed E-state index contributed by atoms with van der Waals surface area (Å²) in [5.74, 6) is 1.15. The molecule has 5 aromatic rings. The molecule has 0 amide bonds. The van der Waals surface area contributed by atoms with Gasteiger partial charge in [0.1, 0.15) is 5.82 Å². The van der Waals surface area contributed by atoms with Crippen LogP contribution in [0.2, 0.25) is 0 Å². The summed E-state index contributed by atoms with van der Waals surface area (Å²) in [6.07, 6.45) is 3.26. The van der Waals surface area contributed by atoms with Gasteiger partial charge < -0.3 is 4.57 Å². The number of benzene rings is 4. The summed E-state index contributed by atoms with van der Waals surface area (Å²) in [6.45, 7) is 3.01. The van der Waals surface area contributed by atoms with Gasteiger partial charge >= 0.3 is 0 Å². The van der Waals surface area contributed by atoms with Gasteiger partial charge in [-0.1, -0.05) is 80.1 Å². The maximum absolute atomic E-state index is 9.42. The lowest BCUT2D eigenvalue weighted by Gasteiger charge is -2.11. The van der Waals surface area contributed by atoms with Crippen molar-refractivity contribution in [2.75, 3.05) is 0 Å². The zero-order valence-corrected chi connectivity index (χ0v) is 18.3. The highest BCUT2D eigenvalue weighted by atomic mass is 15.1. The predicted molar refractivity (Wildman–Crippen MR) is 132 cm³/mol. The topological polar surface area (TPSA) is 41.6 Å². The van der Waals surface area contributed by atoms with Crippen LogP contribution in [0.25, 0.3) is 32.9 Å². The predicted octanol–water partition coefficient (Wildman–Crippen LogP) is 7.12. The first kappa shape index (κ1) is 20.0. The lowest BCUT2D eigenvalue weighted by molar-refractivity contribution is 0.690. The van der Waals surface area contributed by atoms with Crippen LogP contribution < -0.4 is 0 Å². The van der Waals surface area contributed by atoms with E-state index in [0.717, 1.165) is 48.3 Å². The maximum atomic E-state index is 9.42. The Hall–Kier alpha value is -3.90. The summed E-state index contributed by atoms with van der Waals surface area (Å²) >= 11 is 0. The highest BCUT2D eigenvalue weighted by Gasteiger charge is 2.13. The molecule has 0 bridgehead atoms. The first-order valence-electron chi connectivity index (χ1n) is 11.2. The highest BCUT2D eigenvalue weighted by Crippen LogP contribution is 2.27. The van der Waals surface area contributed by atoms with Gasteiger partial charge in [0.2, 0.25) is 0 Å². The number of rotatable bonds is 6. The molecule has 5 rings (SSSR count). The number of aromatic nitrogens is 2. The second-order valence-electron chi connectivity index (χ2n) is 8.26. The lowest BCUT2D eigenvalue weighted by atomic mass is 9.99. The molecule has 0 atom stereocenters. The molecule has 4 aromatic carbocycles. The molecule has 0 aliphatic heterocycles. The third-order valence-corrected chi connectivity index (χ3v) is 6.10. The van der Waals surface area contributed by atoms with E-state index >= 15 is 0 Å². The molecule has 0 aliphatic rings. The quantitative estimate of drug-likeness (QED) is 0.296. The smallest absolute Gasteiger partial charge is 0.110 e. The third kappa shape index (κ3) is 3.76. The molecule has 0 spiro atoms. The molecule has 1 aromatic heterocycles. The molecular formula is C29H25N3. The lowest BCUT2D eigenvalue weighted by Crippen LogP contribution is -2.05. The normalized spacial score (nSPS) is 11.1. The van der Waals surface area contributed by atoms with Gasteiger partial charge in [-0.2, -0.15) is 5.26 Å². The van der Waals surface area contributed by atoms with Gasteiger partial charge in [-0.05, 0) is 52.1 Å². The minimum Gasteiger partial charge on any atom is -0.323 e. The van der Waals surface area contributed by atoms with E-state index in [4.69, 9.17) is 4.98 Å². The van der Waals surface area contributed by atoms with E-state index in [1.807, 2.05) is 24.3 Å². The van der Waals surface area contributed by atoms with Crippen molar-refractivity contribution in [3.63, 3.8) is 0 Å². The Labute approximate surface area is 188 Å². The third-order valence-electron chi connectivity index (χ3n) is 6.10. The summed E-state index contributed by atoms with van der Waals surface area (Å²) in [5, 5.41) is 11.9. The largest absolute Gasteiger partial charge is 0.323 e. The fourth-order valence-corrected chi connectivity index (χ4v) is 4.37. The number of fused-ring (bicyclic) bond motifs is 2. The Morgan fingerprint density at radius 1 is 0.875 bits per heavy atom.